The SMILES string of the molecule is CC(C)CC(NC(=O)COc1ccc2ccccc2c1)c1ccccc1. The first-order valence-corrected chi connectivity index (χ1v) is 9.08. The smallest absolute Gasteiger partial charge is 0.258 e. The molecule has 0 radical (unpaired) electrons. The molecule has 0 bridgehead atoms. The summed E-state index contributed by atoms with van der Waals surface area (Å²) in [6.45, 7) is 4.33. The molecule has 3 aromatic rings. The van der Waals surface area contributed by atoms with Crippen molar-refractivity contribution in [2.24, 2.45) is 5.92 Å². The minimum atomic E-state index is -0.104. The van der Waals surface area contributed by atoms with E-state index in [9.17, 15) is 4.79 Å². The van der Waals surface area contributed by atoms with Crippen LogP contribution in [0.5, 0.6) is 5.75 Å². The zero-order chi connectivity index (χ0) is 18.4. The second-order valence-corrected chi connectivity index (χ2v) is 6.96. The normalized spacial score (nSPS) is 12.1. The van der Waals surface area contributed by atoms with Gasteiger partial charge in [0.25, 0.3) is 5.91 Å². The van der Waals surface area contributed by atoms with Gasteiger partial charge in [-0.1, -0.05) is 74.5 Å². The second kappa shape index (κ2) is 8.52. The van der Waals surface area contributed by atoms with Gasteiger partial charge in [-0.05, 0) is 40.8 Å². The lowest BCUT2D eigenvalue weighted by Crippen LogP contribution is -2.33. The number of carbonyl (C=O) groups excluding carboxylic acids is 1. The summed E-state index contributed by atoms with van der Waals surface area (Å²) >= 11 is 0. The van der Waals surface area contributed by atoms with E-state index in [0.29, 0.717) is 11.7 Å². The monoisotopic (exact) mass is 347 g/mol. The van der Waals surface area contributed by atoms with Crippen LogP contribution in [0.1, 0.15) is 31.9 Å². The van der Waals surface area contributed by atoms with Crippen LogP contribution in [0, 0.1) is 5.92 Å². The summed E-state index contributed by atoms with van der Waals surface area (Å²) in [6.07, 6.45) is 0.895. The molecule has 3 heteroatoms. The van der Waals surface area contributed by atoms with Gasteiger partial charge >= 0.3 is 0 Å². The highest BCUT2D eigenvalue weighted by Crippen LogP contribution is 2.22. The summed E-state index contributed by atoms with van der Waals surface area (Å²) in [5.74, 6) is 1.09. The number of fused-ring (bicyclic) bond motifs is 1. The third-order valence-electron chi connectivity index (χ3n) is 4.34. The van der Waals surface area contributed by atoms with E-state index < -0.39 is 0 Å². The molecule has 3 rings (SSSR count). The molecule has 1 amide bonds. The van der Waals surface area contributed by atoms with E-state index >= 15 is 0 Å². The van der Waals surface area contributed by atoms with E-state index in [0.717, 1.165) is 22.8 Å². The molecule has 26 heavy (non-hydrogen) atoms. The number of rotatable bonds is 7. The fraction of sp³-hybridized carbons (Fsp3) is 0.261. The summed E-state index contributed by atoms with van der Waals surface area (Å²) in [6, 6.07) is 24.1. The quantitative estimate of drug-likeness (QED) is 0.644. The van der Waals surface area contributed by atoms with E-state index in [1.807, 2.05) is 54.6 Å². The Morgan fingerprint density at radius 2 is 1.62 bits per heavy atom. The molecule has 3 aromatic carbocycles. The molecule has 0 aromatic heterocycles. The Hall–Kier alpha value is -2.81. The minimum absolute atomic E-state index is 0.00361. The largest absolute Gasteiger partial charge is 0.484 e. The number of ether oxygens (including phenoxy) is 1. The van der Waals surface area contributed by atoms with Gasteiger partial charge in [-0.15, -0.1) is 0 Å². The zero-order valence-electron chi connectivity index (χ0n) is 15.3. The van der Waals surface area contributed by atoms with Crippen LogP contribution in [0.15, 0.2) is 72.8 Å². The predicted molar refractivity (Wildman–Crippen MR) is 106 cm³/mol. The minimum Gasteiger partial charge on any atom is -0.484 e. The fourth-order valence-corrected chi connectivity index (χ4v) is 3.08. The molecular weight excluding hydrogens is 322 g/mol. The van der Waals surface area contributed by atoms with Crippen molar-refractivity contribution in [3.63, 3.8) is 0 Å². The molecule has 1 N–H and O–H groups in total. The van der Waals surface area contributed by atoms with E-state index in [1.54, 1.807) is 0 Å². The molecule has 134 valence electrons. The van der Waals surface area contributed by atoms with Crippen molar-refractivity contribution in [1.29, 1.82) is 0 Å². The van der Waals surface area contributed by atoms with Crippen LogP contribution in [0.2, 0.25) is 0 Å². The summed E-state index contributed by atoms with van der Waals surface area (Å²) in [7, 11) is 0. The van der Waals surface area contributed by atoms with E-state index in [1.165, 1.54) is 0 Å². The Morgan fingerprint density at radius 1 is 0.923 bits per heavy atom. The Kier molecular flexibility index (Phi) is 5.90. The number of benzene rings is 3. The first-order valence-electron chi connectivity index (χ1n) is 9.08. The lowest BCUT2D eigenvalue weighted by molar-refractivity contribution is -0.124. The molecule has 0 fully saturated rings. The third-order valence-corrected chi connectivity index (χ3v) is 4.34. The Morgan fingerprint density at radius 3 is 2.35 bits per heavy atom. The topological polar surface area (TPSA) is 38.3 Å². The van der Waals surface area contributed by atoms with Crippen molar-refractivity contribution in [1.82, 2.24) is 5.32 Å². The fourth-order valence-electron chi connectivity index (χ4n) is 3.08. The van der Waals surface area contributed by atoms with Crippen molar-refractivity contribution < 1.29 is 9.53 Å². The maximum Gasteiger partial charge on any atom is 0.258 e. The van der Waals surface area contributed by atoms with Crippen molar-refractivity contribution in [3.05, 3.63) is 78.4 Å². The summed E-state index contributed by atoms with van der Waals surface area (Å²) < 4.78 is 5.71. The Labute approximate surface area is 155 Å². The average Bonchev–Trinajstić information content (AvgIpc) is 2.66. The number of amides is 1. The second-order valence-electron chi connectivity index (χ2n) is 6.96. The van der Waals surface area contributed by atoms with Gasteiger partial charge < -0.3 is 10.1 Å². The summed E-state index contributed by atoms with van der Waals surface area (Å²) in [5, 5.41) is 5.37. The molecule has 1 atom stereocenters. The molecule has 0 heterocycles. The van der Waals surface area contributed by atoms with Crippen molar-refractivity contribution in [3.8, 4) is 5.75 Å². The number of carbonyl (C=O) groups is 1. The van der Waals surface area contributed by atoms with E-state index in [2.05, 4.69) is 37.4 Å². The highest BCUT2D eigenvalue weighted by Gasteiger charge is 2.16. The maximum absolute atomic E-state index is 12.4. The molecule has 0 aliphatic rings. The van der Waals surface area contributed by atoms with Crippen LogP contribution in [0.25, 0.3) is 10.8 Å². The molecular formula is C23H25NO2. The van der Waals surface area contributed by atoms with E-state index in [4.69, 9.17) is 4.74 Å². The van der Waals surface area contributed by atoms with Gasteiger partial charge in [0.05, 0.1) is 6.04 Å². The van der Waals surface area contributed by atoms with Crippen LogP contribution in [0.3, 0.4) is 0 Å². The highest BCUT2D eigenvalue weighted by atomic mass is 16.5. The standard InChI is InChI=1S/C23H25NO2/c1-17(2)14-22(19-9-4-3-5-10-19)24-23(25)16-26-21-13-12-18-8-6-7-11-20(18)15-21/h3-13,15,17,22H,14,16H2,1-2H3,(H,24,25). The molecule has 0 aliphatic carbocycles. The van der Waals surface area contributed by atoms with Crippen LogP contribution in [-0.2, 0) is 4.79 Å². The molecule has 0 saturated carbocycles. The molecule has 1 unspecified atom stereocenters. The zero-order valence-corrected chi connectivity index (χ0v) is 15.3. The van der Waals surface area contributed by atoms with Crippen LogP contribution in [-0.4, -0.2) is 12.5 Å². The predicted octanol–water partition coefficient (Wildman–Crippen LogP) is 5.12. The van der Waals surface area contributed by atoms with E-state index in [-0.39, 0.29) is 18.6 Å². The maximum atomic E-state index is 12.4. The number of nitrogens with one attached hydrogen (secondary N) is 1. The lowest BCUT2D eigenvalue weighted by atomic mass is 9.97. The van der Waals surface area contributed by atoms with Gasteiger partial charge in [0.15, 0.2) is 6.61 Å². The van der Waals surface area contributed by atoms with Crippen LogP contribution in [0.4, 0.5) is 0 Å². The van der Waals surface area contributed by atoms with Gasteiger partial charge in [0.2, 0.25) is 0 Å². The molecule has 3 nitrogen and oxygen atoms in total. The van der Waals surface area contributed by atoms with Crippen LogP contribution >= 0.6 is 0 Å². The van der Waals surface area contributed by atoms with Crippen molar-refractivity contribution in [2.75, 3.05) is 6.61 Å². The van der Waals surface area contributed by atoms with Gasteiger partial charge in [0.1, 0.15) is 5.75 Å². The Bertz CT molecular complexity index is 858. The summed E-state index contributed by atoms with van der Waals surface area (Å²) in [5.41, 5.74) is 1.13. The van der Waals surface area contributed by atoms with Gasteiger partial charge in [-0.2, -0.15) is 0 Å². The third kappa shape index (κ3) is 4.85. The molecule has 0 aliphatic heterocycles. The van der Waals surface area contributed by atoms with Gasteiger partial charge in [-0.25, -0.2) is 0 Å². The van der Waals surface area contributed by atoms with Crippen molar-refractivity contribution in [2.45, 2.75) is 26.3 Å². The first kappa shape index (κ1) is 18.0. The highest BCUT2D eigenvalue weighted by molar-refractivity contribution is 5.84. The number of hydrogen-bond donors (Lipinski definition) is 1. The van der Waals surface area contributed by atoms with Gasteiger partial charge in [0, 0.05) is 0 Å². The Balaban J connectivity index is 1.62. The molecule has 0 spiro atoms. The average molecular weight is 347 g/mol. The summed E-state index contributed by atoms with van der Waals surface area (Å²) in [4.78, 5) is 12.4. The van der Waals surface area contributed by atoms with Crippen LogP contribution < -0.4 is 10.1 Å². The van der Waals surface area contributed by atoms with Crippen molar-refractivity contribution >= 4 is 16.7 Å². The molecule has 0 saturated heterocycles. The lowest BCUT2D eigenvalue weighted by Gasteiger charge is -2.21. The first-order chi connectivity index (χ1) is 12.6. The number of hydrogen-bond acceptors (Lipinski definition) is 2. The van der Waals surface area contributed by atoms with Gasteiger partial charge in [-0.3, -0.25) is 4.79 Å².